The Hall–Kier alpha value is -2.61. The van der Waals surface area contributed by atoms with E-state index in [1.54, 1.807) is 26.4 Å². The van der Waals surface area contributed by atoms with E-state index >= 15 is 0 Å². The summed E-state index contributed by atoms with van der Waals surface area (Å²) in [6.45, 7) is 2.08. The molecule has 1 unspecified atom stereocenters. The Morgan fingerprint density at radius 3 is 2.72 bits per heavy atom. The van der Waals surface area contributed by atoms with E-state index in [2.05, 4.69) is 10.1 Å². The molecule has 1 saturated carbocycles. The Kier molecular flexibility index (Phi) is 5.80. The van der Waals surface area contributed by atoms with Gasteiger partial charge in [-0.15, -0.1) is 0 Å². The minimum absolute atomic E-state index is 0.0256. The van der Waals surface area contributed by atoms with Crippen LogP contribution in [0.4, 0.5) is 0 Å². The summed E-state index contributed by atoms with van der Waals surface area (Å²) in [5, 5.41) is 4.20. The number of para-hydroxylation sites is 1. The lowest BCUT2D eigenvalue weighted by Crippen LogP contribution is -2.51. The van der Waals surface area contributed by atoms with Crippen molar-refractivity contribution >= 4 is 5.91 Å². The summed E-state index contributed by atoms with van der Waals surface area (Å²) >= 11 is 0. The Balaban J connectivity index is 1.21. The highest BCUT2D eigenvalue weighted by atomic mass is 16.5. The normalized spacial score (nSPS) is 22.7. The van der Waals surface area contributed by atoms with Gasteiger partial charge in [0.25, 0.3) is 5.91 Å². The molecule has 2 aromatic rings. The molecule has 2 saturated heterocycles. The van der Waals surface area contributed by atoms with Crippen LogP contribution in [0.5, 0.6) is 11.5 Å². The number of benzene rings is 1. The molecule has 1 aromatic carbocycles. The second-order valence-electron chi connectivity index (χ2n) is 9.25. The van der Waals surface area contributed by atoms with Gasteiger partial charge in [0.1, 0.15) is 0 Å². The number of aromatic nitrogens is 2. The molecule has 0 radical (unpaired) electrons. The quantitative estimate of drug-likeness (QED) is 0.677. The number of carbonyl (C=O) groups excluding carboxylic acids is 1. The van der Waals surface area contributed by atoms with Crippen LogP contribution in [0.1, 0.15) is 66.5 Å². The van der Waals surface area contributed by atoms with E-state index in [1.807, 2.05) is 11.0 Å². The summed E-state index contributed by atoms with van der Waals surface area (Å²) in [7, 11) is 3.14. The second-order valence-corrected chi connectivity index (χ2v) is 9.25. The van der Waals surface area contributed by atoms with E-state index in [1.165, 1.54) is 12.8 Å². The molecule has 3 heterocycles. The van der Waals surface area contributed by atoms with Crippen molar-refractivity contribution < 1.29 is 23.5 Å². The molecule has 3 aliphatic rings. The number of piperidine rings is 1. The van der Waals surface area contributed by atoms with Gasteiger partial charge in [-0.05, 0) is 56.6 Å². The molecular weight excluding hydrogens is 410 g/mol. The highest BCUT2D eigenvalue weighted by molar-refractivity contribution is 5.97. The van der Waals surface area contributed by atoms with Crippen molar-refractivity contribution in [3.8, 4) is 11.5 Å². The van der Waals surface area contributed by atoms with Crippen molar-refractivity contribution in [3.05, 3.63) is 35.5 Å². The van der Waals surface area contributed by atoms with Crippen molar-refractivity contribution in [1.29, 1.82) is 0 Å². The van der Waals surface area contributed by atoms with Crippen LogP contribution in [0.2, 0.25) is 0 Å². The molecule has 8 nitrogen and oxygen atoms in total. The van der Waals surface area contributed by atoms with Gasteiger partial charge in [0, 0.05) is 32.0 Å². The standard InChI is InChI=1S/C24H31N3O5/c1-29-19-5-3-4-18(21(19)30-2)23(28)27-11-9-24(10-12-27)15-16(8-13-31-24)14-20-25-22(32-26-20)17-6-7-17/h3-5,16-17H,6-15H2,1-2H3. The van der Waals surface area contributed by atoms with Gasteiger partial charge in [-0.3, -0.25) is 4.79 Å². The van der Waals surface area contributed by atoms with Crippen LogP contribution in [0.3, 0.4) is 0 Å². The van der Waals surface area contributed by atoms with Gasteiger partial charge in [-0.25, -0.2) is 0 Å². The molecule has 1 atom stereocenters. The first-order chi connectivity index (χ1) is 15.6. The van der Waals surface area contributed by atoms with E-state index in [0.717, 1.165) is 50.4 Å². The number of methoxy groups -OCH3 is 2. The minimum Gasteiger partial charge on any atom is -0.493 e. The molecule has 172 valence electrons. The molecule has 1 amide bonds. The van der Waals surface area contributed by atoms with Crippen molar-refractivity contribution in [2.24, 2.45) is 5.92 Å². The van der Waals surface area contributed by atoms with Crippen LogP contribution < -0.4 is 9.47 Å². The van der Waals surface area contributed by atoms with E-state index in [-0.39, 0.29) is 11.5 Å². The van der Waals surface area contributed by atoms with Gasteiger partial charge in [-0.1, -0.05) is 11.2 Å². The zero-order valence-electron chi connectivity index (χ0n) is 18.8. The highest BCUT2D eigenvalue weighted by Crippen LogP contribution is 2.41. The maximum Gasteiger partial charge on any atom is 0.257 e. The Morgan fingerprint density at radius 1 is 1.19 bits per heavy atom. The summed E-state index contributed by atoms with van der Waals surface area (Å²) in [6, 6.07) is 5.41. The van der Waals surface area contributed by atoms with Crippen LogP contribution in [0.15, 0.2) is 22.7 Å². The van der Waals surface area contributed by atoms with Crippen molar-refractivity contribution in [2.75, 3.05) is 33.9 Å². The first kappa shape index (κ1) is 21.2. The molecule has 3 fully saturated rings. The summed E-state index contributed by atoms with van der Waals surface area (Å²) < 4.78 is 22.5. The number of carbonyl (C=O) groups is 1. The van der Waals surface area contributed by atoms with Crippen molar-refractivity contribution in [1.82, 2.24) is 15.0 Å². The van der Waals surface area contributed by atoms with Gasteiger partial charge in [0.05, 0.1) is 25.4 Å². The molecule has 5 rings (SSSR count). The van der Waals surface area contributed by atoms with E-state index in [9.17, 15) is 4.79 Å². The van der Waals surface area contributed by atoms with Crippen LogP contribution in [-0.2, 0) is 11.2 Å². The van der Waals surface area contributed by atoms with Crippen LogP contribution in [0, 0.1) is 5.92 Å². The molecule has 1 spiro atoms. The van der Waals surface area contributed by atoms with E-state index in [0.29, 0.717) is 42.0 Å². The predicted molar refractivity (Wildman–Crippen MR) is 116 cm³/mol. The van der Waals surface area contributed by atoms with Crippen molar-refractivity contribution in [3.63, 3.8) is 0 Å². The number of ether oxygens (including phenoxy) is 3. The van der Waals surface area contributed by atoms with E-state index in [4.69, 9.17) is 18.7 Å². The highest BCUT2D eigenvalue weighted by Gasteiger charge is 2.42. The zero-order valence-corrected chi connectivity index (χ0v) is 18.8. The molecule has 8 heteroatoms. The molecule has 2 aliphatic heterocycles. The maximum absolute atomic E-state index is 13.2. The maximum atomic E-state index is 13.2. The Labute approximate surface area is 188 Å². The van der Waals surface area contributed by atoms with Crippen LogP contribution >= 0.6 is 0 Å². The number of amides is 1. The average molecular weight is 442 g/mol. The third-order valence-electron chi connectivity index (χ3n) is 7.07. The summed E-state index contributed by atoms with van der Waals surface area (Å²) in [5.41, 5.74) is 0.370. The zero-order chi connectivity index (χ0) is 22.1. The fourth-order valence-corrected chi connectivity index (χ4v) is 5.10. The largest absolute Gasteiger partial charge is 0.493 e. The summed E-state index contributed by atoms with van der Waals surface area (Å²) in [4.78, 5) is 19.7. The third-order valence-corrected chi connectivity index (χ3v) is 7.07. The molecule has 1 aromatic heterocycles. The lowest BCUT2D eigenvalue weighted by molar-refractivity contribution is -0.123. The van der Waals surface area contributed by atoms with Gasteiger partial charge in [0.2, 0.25) is 5.89 Å². The van der Waals surface area contributed by atoms with Crippen LogP contribution in [0.25, 0.3) is 0 Å². The predicted octanol–water partition coefficient (Wildman–Crippen LogP) is 3.61. The number of nitrogens with zero attached hydrogens (tertiary/aromatic N) is 3. The number of likely N-dealkylation sites (tertiary alicyclic amines) is 1. The monoisotopic (exact) mass is 441 g/mol. The van der Waals surface area contributed by atoms with Crippen LogP contribution in [-0.4, -0.2) is 60.5 Å². The lowest BCUT2D eigenvalue weighted by atomic mass is 9.78. The van der Waals surface area contributed by atoms with Gasteiger partial charge >= 0.3 is 0 Å². The fourth-order valence-electron chi connectivity index (χ4n) is 5.10. The third kappa shape index (κ3) is 4.20. The fraction of sp³-hybridized carbons (Fsp3) is 0.625. The molecule has 1 aliphatic carbocycles. The molecule has 0 bridgehead atoms. The second kappa shape index (κ2) is 8.73. The minimum atomic E-state index is -0.165. The average Bonchev–Trinajstić information content (AvgIpc) is 3.57. The topological polar surface area (TPSA) is 86.9 Å². The first-order valence-corrected chi connectivity index (χ1v) is 11.6. The van der Waals surface area contributed by atoms with Crippen molar-refractivity contribution in [2.45, 2.75) is 56.5 Å². The van der Waals surface area contributed by atoms with E-state index < -0.39 is 0 Å². The molecular formula is C24H31N3O5. The molecule has 0 N–H and O–H groups in total. The number of hydrogen-bond donors (Lipinski definition) is 0. The molecule has 32 heavy (non-hydrogen) atoms. The summed E-state index contributed by atoms with van der Waals surface area (Å²) in [6.07, 6.45) is 6.83. The number of hydrogen-bond acceptors (Lipinski definition) is 7. The smallest absolute Gasteiger partial charge is 0.257 e. The number of rotatable bonds is 6. The van der Waals surface area contributed by atoms with Gasteiger partial charge in [0.15, 0.2) is 17.3 Å². The SMILES string of the molecule is COc1cccc(C(=O)N2CCC3(CC2)CC(Cc2noc(C4CC4)n2)CCO3)c1OC. The Bertz CT molecular complexity index is 962. The Morgan fingerprint density at radius 2 is 2.00 bits per heavy atom. The van der Waals surface area contributed by atoms with Gasteiger partial charge < -0.3 is 23.6 Å². The summed E-state index contributed by atoms with van der Waals surface area (Å²) in [5.74, 6) is 3.63. The first-order valence-electron chi connectivity index (χ1n) is 11.6. The van der Waals surface area contributed by atoms with Gasteiger partial charge in [-0.2, -0.15) is 4.98 Å². The lowest BCUT2D eigenvalue weighted by Gasteiger charge is -2.46.